The standard InChI is InChI=1S/C15H22F3NO3S/c1-13(2,3)10-7-9(19-23(21,22)15(16,17)18)8-11(12(10)20)14(4,5)6/h7-8,19-20H,1-6H3. The number of sulfonamides is 1. The number of rotatable bonds is 2. The summed E-state index contributed by atoms with van der Waals surface area (Å²) >= 11 is 0. The smallest absolute Gasteiger partial charge is 0.507 e. The van der Waals surface area contributed by atoms with Gasteiger partial charge in [0.15, 0.2) is 0 Å². The fraction of sp³-hybridized carbons (Fsp3) is 0.600. The first-order chi connectivity index (χ1) is 9.97. The number of benzene rings is 1. The Bertz CT molecular complexity index is 661. The molecular weight excluding hydrogens is 331 g/mol. The second kappa shape index (κ2) is 5.58. The highest BCUT2D eigenvalue weighted by molar-refractivity contribution is 7.93. The summed E-state index contributed by atoms with van der Waals surface area (Å²) in [6.45, 7) is 10.6. The zero-order valence-corrected chi connectivity index (χ0v) is 14.8. The number of anilines is 1. The molecule has 4 nitrogen and oxygen atoms in total. The van der Waals surface area contributed by atoms with Crippen LogP contribution in [0.2, 0.25) is 0 Å². The van der Waals surface area contributed by atoms with E-state index in [-0.39, 0.29) is 11.4 Å². The lowest BCUT2D eigenvalue weighted by molar-refractivity contribution is -0.0429. The Morgan fingerprint density at radius 3 is 1.52 bits per heavy atom. The van der Waals surface area contributed by atoms with Crippen molar-refractivity contribution in [2.45, 2.75) is 57.9 Å². The van der Waals surface area contributed by atoms with E-state index < -0.39 is 26.4 Å². The van der Waals surface area contributed by atoms with Gasteiger partial charge in [0.25, 0.3) is 0 Å². The summed E-state index contributed by atoms with van der Waals surface area (Å²) < 4.78 is 61.9. The fourth-order valence-corrected chi connectivity index (χ4v) is 2.59. The van der Waals surface area contributed by atoms with E-state index in [9.17, 15) is 26.7 Å². The van der Waals surface area contributed by atoms with Crippen LogP contribution in [0.4, 0.5) is 18.9 Å². The van der Waals surface area contributed by atoms with Gasteiger partial charge in [-0.3, -0.25) is 4.72 Å². The first-order valence-electron chi connectivity index (χ1n) is 6.94. The zero-order valence-electron chi connectivity index (χ0n) is 14.0. The van der Waals surface area contributed by atoms with Gasteiger partial charge in [-0.1, -0.05) is 41.5 Å². The minimum Gasteiger partial charge on any atom is -0.507 e. The van der Waals surface area contributed by atoms with E-state index in [0.717, 1.165) is 0 Å². The third-order valence-corrected chi connectivity index (χ3v) is 4.40. The molecule has 0 spiro atoms. The van der Waals surface area contributed by atoms with Crippen molar-refractivity contribution in [2.24, 2.45) is 0 Å². The molecule has 0 aliphatic carbocycles. The van der Waals surface area contributed by atoms with Crippen molar-refractivity contribution in [2.75, 3.05) is 4.72 Å². The van der Waals surface area contributed by atoms with Gasteiger partial charge in [0.2, 0.25) is 0 Å². The summed E-state index contributed by atoms with van der Waals surface area (Å²) in [7, 11) is -5.52. The van der Waals surface area contributed by atoms with Crippen molar-refractivity contribution in [3.63, 3.8) is 0 Å². The molecule has 1 rings (SSSR count). The average Bonchev–Trinajstić information content (AvgIpc) is 2.26. The monoisotopic (exact) mass is 353 g/mol. The Morgan fingerprint density at radius 2 is 1.26 bits per heavy atom. The van der Waals surface area contributed by atoms with Gasteiger partial charge < -0.3 is 5.11 Å². The lowest BCUT2D eigenvalue weighted by Crippen LogP contribution is -2.30. The van der Waals surface area contributed by atoms with Gasteiger partial charge in [0, 0.05) is 16.8 Å². The lowest BCUT2D eigenvalue weighted by atomic mass is 9.79. The van der Waals surface area contributed by atoms with Crippen LogP contribution >= 0.6 is 0 Å². The highest BCUT2D eigenvalue weighted by atomic mass is 32.2. The maximum Gasteiger partial charge on any atom is 0.516 e. The fourth-order valence-electron chi connectivity index (χ4n) is 2.05. The maximum atomic E-state index is 12.6. The van der Waals surface area contributed by atoms with E-state index in [4.69, 9.17) is 0 Å². The molecule has 0 unspecified atom stereocenters. The number of phenolic OH excluding ortho intramolecular Hbond substituents is 1. The van der Waals surface area contributed by atoms with Gasteiger partial charge in [0.1, 0.15) is 5.75 Å². The van der Waals surface area contributed by atoms with Crippen LogP contribution in [0.3, 0.4) is 0 Å². The highest BCUT2D eigenvalue weighted by Crippen LogP contribution is 2.41. The van der Waals surface area contributed by atoms with Crippen LogP contribution in [0.5, 0.6) is 5.75 Å². The quantitative estimate of drug-likeness (QED) is 0.781. The molecule has 0 atom stereocenters. The molecule has 132 valence electrons. The molecular formula is C15H22F3NO3S. The Labute approximate surface area is 134 Å². The number of phenols is 1. The van der Waals surface area contributed by atoms with Crippen LogP contribution in [0.25, 0.3) is 0 Å². The summed E-state index contributed by atoms with van der Waals surface area (Å²) in [6.07, 6.45) is 0. The zero-order chi connectivity index (χ0) is 18.4. The molecule has 0 heterocycles. The second-order valence-corrected chi connectivity index (χ2v) is 9.15. The van der Waals surface area contributed by atoms with E-state index in [1.165, 1.54) is 12.1 Å². The molecule has 0 aromatic heterocycles. The number of hydrogen-bond donors (Lipinski definition) is 2. The van der Waals surface area contributed by atoms with E-state index in [2.05, 4.69) is 0 Å². The van der Waals surface area contributed by atoms with Crippen molar-refractivity contribution in [1.82, 2.24) is 0 Å². The van der Waals surface area contributed by atoms with Gasteiger partial charge >= 0.3 is 15.5 Å². The Balaban J connectivity index is 3.59. The Morgan fingerprint density at radius 1 is 0.913 bits per heavy atom. The van der Waals surface area contributed by atoms with Crippen LogP contribution < -0.4 is 4.72 Å². The molecule has 2 N–H and O–H groups in total. The molecule has 0 saturated heterocycles. The van der Waals surface area contributed by atoms with Crippen LogP contribution in [-0.4, -0.2) is 19.0 Å². The maximum absolute atomic E-state index is 12.6. The van der Waals surface area contributed by atoms with Gasteiger partial charge in [-0.05, 0) is 23.0 Å². The Kier molecular flexibility index (Phi) is 4.75. The van der Waals surface area contributed by atoms with Gasteiger partial charge in [-0.25, -0.2) is 0 Å². The number of alkyl halides is 3. The van der Waals surface area contributed by atoms with Gasteiger partial charge in [0.05, 0.1) is 0 Å². The number of nitrogens with one attached hydrogen (secondary N) is 1. The predicted molar refractivity (Wildman–Crippen MR) is 84.1 cm³/mol. The first kappa shape index (κ1) is 19.6. The van der Waals surface area contributed by atoms with Crippen LogP contribution in [0.1, 0.15) is 52.7 Å². The molecule has 0 amide bonds. The minimum absolute atomic E-state index is 0.0417. The van der Waals surface area contributed by atoms with Gasteiger partial charge in [-0.2, -0.15) is 21.6 Å². The number of hydrogen-bond acceptors (Lipinski definition) is 3. The van der Waals surface area contributed by atoms with E-state index in [1.54, 1.807) is 46.3 Å². The molecule has 8 heteroatoms. The molecule has 0 radical (unpaired) electrons. The topological polar surface area (TPSA) is 66.4 Å². The molecule has 0 bridgehead atoms. The minimum atomic E-state index is -5.52. The van der Waals surface area contributed by atoms with Crippen molar-refractivity contribution < 1.29 is 26.7 Å². The lowest BCUT2D eigenvalue weighted by Gasteiger charge is -2.28. The third kappa shape index (κ3) is 4.31. The molecule has 0 saturated carbocycles. The number of halogens is 3. The average molecular weight is 353 g/mol. The molecule has 1 aromatic carbocycles. The molecule has 0 fully saturated rings. The molecule has 23 heavy (non-hydrogen) atoms. The Hall–Kier alpha value is -1.44. The van der Waals surface area contributed by atoms with Crippen LogP contribution in [0, 0.1) is 0 Å². The second-order valence-electron chi connectivity index (χ2n) is 7.47. The van der Waals surface area contributed by atoms with E-state index in [0.29, 0.717) is 11.1 Å². The first-order valence-corrected chi connectivity index (χ1v) is 8.42. The molecule has 1 aromatic rings. The summed E-state index contributed by atoms with van der Waals surface area (Å²) in [5.41, 5.74) is -6.06. The highest BCUT2D eigenvalue weighted by Gasteiger charge is 2.46. The van der Waals surface area contributed by atoms with Crippen molar-refractivity contribution in [1.29, 1.82) is 0 Å². The van der Waals surface area contributed by atoms with Crippen LogP contribution in [0.15, 0.2) is 12.1 Å². The SMILES string of the molecule is CC(C)(C)c1cc(NS(=O)(=O)C(F)(F)F)cc(C(C)(C)C)c1O. The normalized spacial score (nSPS) is 14.0. The summed E-state index contributed by atoms with van der Waals surface area (Å²) in [6, 6.07) is 2.46. The van der Waals surface area contributed by atoms with Crippen molar-refractivity contribution in [3.8, 4) is 5.75 Å². The summed E-state index contributed by atoms with van der Waals surface area (Å²) in [5, 5.41) is 10.4. The molecule has 0 aliphatic rings. The van der Waals surface area contributed by atoms with E-state index >= 15 is 0 Å². The largest absolute Gasteiger partial charge is 0.516 e. The van der Waals surface area contributed by atoms with Crippen LogP contribution in [-0.2, 0) is 20.9 Å². The van der Waals surface area contributed by atoms with Crippen molar-refractivity contribution >= 4 is 15.7 Å². The predicted octanol–water partition coefficient (Wildman–Crippen LogP) is 4.25. The van der Waals surface area contributed by atoms with Gasteiger partial charge in [-0.15, -0.1) is 0 Å². The summed E-state index contributed by atoms with van der Waals surface area (Å²) in [5.74, 6) is -0.0417. The number of aromatic hydroxyl groups is 1. The van der Waals surface area contributed by atoms with Crippen molar-refractivity contribution in [3.05, 3.63) is 23.3 Å². The third-order valence-electron chi connectivity index (χ3n) is 3.28. The van der Waals surface area contributed by atoms with E-state index in [1.807, 2.05) is 0 Å². The molecule has 0 aliphatic heterocycles. The summed E-state index contributed by atoms with van der Waals surface area (Å²) in [4.78, 5) is 0.